The van der Waals surface area contributed by atoms with E-state index in [1.165, 1.54) is 22.0 Å². The predicted octanol–water partition coefficient (Wildman–Crippen LogP) is 5.20. The smallest absolute Gasteiger partial charge is 0.394 e. The molecule has 1 aromatic heterocycles. The number of fused-ring (bicyclic) bond motifs is 2. The van der Waals surface area contributed by atoms with Crippen LogP contribution in [-0.4, -0.2) is 70.9 Å². The first kappa shape index (κ1) is 30.7. The van der Waals surface area contributed by atoms with Crippen LogP contribution in [0.1, 0.15) is 75.8 Å². The minimum absolute atomic E-state index is 0.0128. The highest BCUT2D eigenvalue weighted by atomic mass is 32.3. The number of carbonyl (C=O) groups excluding carboxylic acids is 1. The van der Waals surface area contributed by atoms with E-state index >= 15 is 0 Å². The summed E-state index contributed by atoms with van der Waals surface area (Å²) in [5, 5.41) is 1.43. The molecule has 1 saturated carbocycles. The Labute approximate surface area is 238 Å². The molecule has 2 N–H and O–H groups in total. The minimum Gasteiger partial charge on any atom is -0.462 e. The van der Waals surface area contributed by atoms with Crippen LogP contribution in [0.5, 0.6) is 0 Å². The molecule has 2 aromatic rings. The number of aryl methyl sites for hydroxylation is 1. The summed E-state index contributed by atoms with van der Waals surface area (Å²) in [5.74, 6) is 0.237. The van der Waals surface area contributed by atoms with Crippen molar-refractivity contribution in [2.45, 2.75) is 95.9 Å². The lowest BCUT2D eigenvalue weighted by Gasteiger charge is -2.46. The highest BCUT2D eigenvalue weighted by Crippen LogP contribution is 2.45. The molecule has 10 heteroatoms. The van der Waals surface area contributed by atoms with E-state index in [2.05, 4.69) is 47.4 Å². The van der Waals surface area contributed by atoms with Crippen molar-refractivity contribution in [3.8, 4) is 0 Å². The molecule has 2 fully saturated rings. The van der Waals surface area contributed by atoms with Crippen LogP contribution in [-0.2, 0) is 37.6 Å². The second-order valence-corrected chi connectivity index (χ2v) is 12.1. The normalized spacial score (nSPS) is 26.8. The number of carbonyl (C=O) groups is 1. The van der Waals surface area contributed by atoms with Crippen molar-refractivity contribution in [1.29, 1.82) is 0 Å². The van der Waals surface area contributed by atoms with Crippen molar-refractivity contribution in [2.24, 2.45) is 5.92 Å². The lowest BCUT2D eigenvalue weighted by atomic mass is 9.72. The zero-order valence-electron chi connectivity index (χ0n) is 23.7. The van der Waals surface area contributed by atoms with Crippen molar-refractivity contribution >= 4 is 27.3 Å². The first-order valence-corrected chi connectivity index (χ1v) is 16.0. The first-order valence-electron chi connectivity index (χ1n) is 14.6. The second kappa shape index (κ2) is 13.6. The average Bonchev–Trinajstić information content (AvgIpc) is 3.08. The summed E-state index contributed by atoms with van der Waals surface area (Å²) in [5.41, 5.74) is 4.22. The predicted molar refractivity (Wildman–Crippen MR) is 155 cm³/mol. The van der Waals surface area contributed by atoms with E-state index in [4.69, 9.17) is 27.0 Å². The lowest BCUT2D eigenvalue weighted by Crippen LogP contribution is -2.52. The van der Waals surface area contributed by atoms with Gasteiger partial charge in [0, 0.05) is 61.7 Å². The molecule has 0 radical (unpaired) electrons. The van der Waals surface area contributed by atoms with Gasteiger partial charge in [-0.15, -0.1) is 6.58 Å². The van der Waals surface area contributed by atoms with E-state index < -0.39 is 10.4 Å². The van der Waals surface area contributed by atoms with Crippen LogP contribution in [0.4, 0.5) is 0 Å². The summed E-state index contributed by atoms with van der Waals surface area (Å²) in [6, 6.07) is 7.18. The second-order valence-electron chi connectivity index (χ2n) is 11.2. The Morgan fingerprint density at radius 1 is 1.15 bits per heavy atom. The third-order valence-electron chi connectivity index (χ3n) is 8.45. The average molecular weight is 577 g/mol. The van der Waals surface area contributed by atoms with E-state index in [0.717, 1.165) is 77.6 Å². The van der Waals surface area contributed by atoms with E-state index in [9.17, 15) is 4.79 Å². The maximum Gasteiger partial charge on any atom is 0.394 e. The topological polar surface area (TPSA) is 118 Å². The molecule has 1 saturated heterocycles. The molecular weight excluding hydrogens is 532 g/mol. The van der Waals surface area contributed by atoms with Gasteiger partial charge in [-0.05, 0) is 62.6 Å². The molecular formula is C30H44N2O7S. The minimum atomic E-state index is -4.67. The van der Waals surface area contributed by atoms with Gasteiger partial charge >= 0.3 is 16.4 Å². The number of aromatic nitrogens is 1. The largest absolute Gasteiger partial charge is 0.462 e. The summed E-state index contributed by atoms with van der Waals surface area (Å²) in [6.07, 6.45) is 12.7. The van der Waals surface area contributed by atoms with Crippen LogP contribution >= 0.6 is 0 Å². The lowest BCUT2D eigenvalue weighted by molar-refractivity contribution is -0.158. The number of piperidine rings is 1. The summed E-state index contributed by atoms with van der Waals surface area (Å²) in [7, 11) is -4.67. The number of nitrogens with zero attached hydrogens (tertiary/aromatic N) is 2. The zero-order chi connectivity index (χ0) is 28.9. The number of hydrogen-bond acceptors (Lipinski definition) is 6. The van der Waals surface area contributed by atoms with Crippen LogP contribution in [0.3, 0.4) is 0 Å². The molecule has 40 heavy (non-hydrogen) atoms. The van der Waals surface area contributed by atoms with Crippen LogP contribution in [0.15, 0.2) is 37.1 Å². The fraction of sp³-hybridized carbons (Fsp3) is 0.633. The molecule has 3 aliphatic rings. The monoisotopic (exact) mass is 576 g/mol. The van der Waals surface area contributed by atoms with Gasteiger partial charge in [-0.2, -0.15) is 8.42 Å². The number of rotatable bonds is 8. The van der Waals surface area contributed by atoms with Gasteiger partial charge < -0.3 is 14.0 Å². The number of benzene rings is 1. The summed E-state index contributed by atoms with van der Waals surface area (Å²) in [4.78, 5) is 16.0. The molecule has 1 aliphatic heterocycles. The van der Waals surface area contributed by atoms with Gasteiger partial charge in [0.25, 0.3) is 0 Å². The van der Waals surface area contributed by atoms with Gasteiger partial charge in [0.2, 0.25) is 0 Å². The van der Waals surface area contributed by atoms with E-state index in [1.807, 2.05) is 13.0 Å². The summed E-state index contributed by atoms with van der Waals surface area (Å²) >= 11 is 0. The standard InChI is InChI=1S/C30H42N2O3.H2O4S/c1-4-14-31-19-21-17-28-26(25-12-9-13-27(31)29(21)25)16-22(20-32(28)15-5-2)30(33)35-24-11-8-7-10-23(18-24)34-6-3;1-5(2,3)4/h5,9,12-13,19,22-24,26,28H,2,4,6-8,10-11,14-18,20H2,1,3H3;(H2,1,2,3,4)/t22-,23?,24?,26?,28-;/m1./s1. The van der Waals surface area contributed by atoms with Crippen molar-refractivity contribution in [2.75, 3.05) is 19.7 Å². The molecule has 5 atom stereocenters. The zero-order valence-corrected chi connectivity index (χ0v) is 24.5. The Morgan fingerprint density at radius 2 is 1.88 bits per heavy atom. The molecule has 0 bridgehead atoms. The molecule has 2 aliphatic carbocycles. The molecule has 222 valence electrons. The highest BCUT2D eigenvalue weighted by Gasteiger charge is 2.43. The number of likely N-dealkylation sites (tertiary alicyclic amines) is 1. The molecule has 3 unspecified atom stereocenters. The third kappa shape index (κ3) is 7.53. The van der Waals surface area contributed by atoms with Crippen molar-refractivity contribution in [3.63, 3.8) is 0 Å². The van der Waals surface area contributed by atoms with Gasteiger partial charge in [0.05, 0.1) is 12.0 Å². The maximum absolute atomic E-state index is 13.5. The molecule has 0 amide bonds. The van der Waals surface area contributed by atoms with E-state index in [0.29, 0.717) is 12.0 Å². The Kier molecular flexibility index (Phi) is 10.5. The third-order valence-corrected chi connectivity index (χ3v) is 8.45. The van der Waals surface area contributed by atoms with Gasteiger partial charge in [0.1, 0.15) is 6.10 Å². The SMILES string of the molecule is C=CCN1C[C@H](C(=O)OC2CCCCC(OCC)C2)CC2c3cccc4c3c(cn4CCC)C[C@H]21.O=S(=O)(O)O. The van der Waals surface area contributed by atoms with E-state index in [-0.39, 0.29) is 24.1 Å². The van der Waals surface area contributed by atoms with Crippen LogP contribution < -0.4 is 0 Å². The van der Waals surface area contributed by atoms with Crippen molar-refractivity contribution in [3.05, 3.63) is 48.2 Å². The van der Waals surface area contributed by atoms with Crippen LogP contribution in [0.25, 0.3) is 10.9 Å². The van der Waals surface area contributed by atoms with Gasteiger partial charge in [-0.25, -0.2) is 0 Å². The van der Waals surface area contributed by atoms with E-state index in [1.54, 1.807) is 0 Å². The Bertz CT molecular complexity index is 1270. The molecule has 2 heterocycles. The summed E-state index contributed by atoms with van der Waals surface area (Å²) in [6.45, 7) is 11.6. The van der Waals surface area contributed by atoms with Gasteiger partial charge in [-0.3, -0.25) is 18.8 Å². The highest BCUT2D eigenvalue weighted by molar-refractivity contribution is 7.79. The Balaban J connectivity index is 0.000000681. The maximum atomic E-state index is 13.5. The van der Waals surface area contributed by atoms with Crippen molar-refractivity contribution in [1.82, 2.24) is 9.47 Å². The van der Waals surface area contributed by atoms with Crippen molar-refractivity contribution < 1.29 is 31.8 Å². The summed E-state index contributed by atoms with van der Waals surface area (Å²) < 4.78 is 46.1. The molecule has 0 spiro atoms. The fourth-order valence-corrected chi connectivity index (χ4v) is 6.97. The molecule has 1 aromatic carbocycles. The van der Waals surface area contributed by atoms with Gasteiger partial charge in [-0.1, -0.05) is 31.6 Å². The number of ether oxygens (including phenoxy) is 2. The number of esters is 1. The van der Waals surface area contributed by atoms with Gasteiger partial charge in [0.15, 0.2) is 0 Å². The number of hydrogen-bond donors (Lipinski definition) is 2. The quantitative estimate of drug-likeness (QED) is 0.191. The Hall–Kier alpha value is -2.24. The first-order chi connectivity index (χ1) is 19.1. The molecule has 9 nitrogen and oxygen atoms in total. The molecule has 5 rings (SSSR count). The van der Waals surface area contributed by atoms with Crippen LogP contribution in [0.2, 0.25) is 0 Å². The van der Waals surface area contributed by atoms with Crippen LogP contribution in [0, 0.1) is 5.92 Å². The fourth-order valence-electron chi connectivity index (χ4n) is 6.97. The Morgan fingerprint density at radius 3 is 2.55 bits per heavy atom.